The fourth-order valence-electron chi connectivity index (χ4n) is 3.09. The number of hydrogen-bond donors (Lipinski definition) is 2. The highest BCUT2D eigenvalue weighted by molar-refractivity contribution is 7.80. The fourth-order valence-corrected chi connectivity index (χ4v) is 3.56. The molecule has 5 heteroatoms. The Morgan fingerprint density at radius 3 is 2.79 bits per heavy atom. The summed E-state index contributed by atoms with van der Waals surface area (Å²) in [6, 6.07) is 7.73. The van der Waals surface area contributed by atoms with Crippen molar-refractivity contribution in [2.24, 2.45) is 5.92 Å². The highest BCUT2D eigenvalue weighted by Gasteiger charge is 2.43. The van der Waals surface area contributed by atoms with Gasteiger partial charge in [-0.3, -0.25) is 5.01 Å². The molecule has 0 aromatic heterocycles. The molecule has 3 nitrogen and oxygen atoms in total. The quantitative estimate of drug-likeness (QED) is 0.776. The minimum atomic E-state index is -0.0611. The summed E-state index contributed by atoms with van der Waals surface area (Å²) >= 11 is 11.4. The molecule has 1 aliphatic carbocycles. The van der Waals surface area contributed by atoms with E-state index in [1.54, 1.807) is 0 Å². The summed E-state index contributed by atoms with van der Waals surface area (Å²) in [6.07, 6.45) is 4.76. The van der Waals surface area contributed by atoms with Crippen molar-refractivity contribution < 1.29 is 0 Å². The number of halogens is 1. The first-order valence-electron chi connectivity index (χ1n) is 6.74. The van der Waals surface area contributed by atoms with Gasteiger partial charge in [0.05, 0.1) is 5.69 Å². The second-order valence-corrected chi connectivity index (χ2v) is 6.46. The second kappa shape index (κ2) is 4.93. The molecule has 2 atom stereocenters. The number of nitrogens with one attached hydrogen (secondary N) is 2. The van der Waals surface area contributed by atoms with Gasteiger partial charge in [0.1, 0.15) is 5.66 Å². The van der Waals surface area contributed by atoms with Crippen LogP contribution in [0.2, 0.25) is 5.02 Å². The zero-order valence-corrected chi connectivity index (χ0v) is 12.5. The first-order chi connectivity index (χ1) is 9.08. The minimum Gasteiger partial charge on any atom is -0.342 e. The Bertz CT molecular complexity index is 490. The van der Waals surface area contributed by atoms with E-state index in [1.807, 2.05) is 29.3 Å². The normalized spacial score (nSPS) is 30.7. The molecule has 19 heavy (non-hydrogen) atoms. The van der Waals surface area contributed by atoms with Gasteiger partial charge in [0.15, 0.2) is 5.11 Å². The molecule has 2 fully saturated rings. The molecule has 0 bridgehead atoms. The number of hydrogen-bond acceptors (Lipinski definition) is 2. The van der Waals surface area contributed by atoms with Gasteiger partial charge < -0.3 is 5.32 Å². The number of rotatable bonds is 1. The van der Waals surface area contributed by atoms with Gasteiger partial charge in [0, 0.05) is 5.02 Å². The number of hydrazine groups is 1. The lowest BCUT2D eigenvalue weighted by Gasteiger charge is -2.36. The van der Waals surface area contributed by atoms with Crippen molar-refractivity contribution in [3.8, 4) is 0 Å². The number of benzene rings is 1. The van der Waals surface area contributed by atoms with Gasteiger partial charge in [0.2, 0.25) is 0 Å². The molecule has 1 aromatic rings. The Balaban J connectivity index is 1.81. The maximum absolute atomic E-state index is 5.93. The van der Waals surface area contributed by atoms with Crippen LogP contribution in [0.5, 0.6) is 0 Å². The van der Waals surface area contributed by atoms with E-state index in [1.165, 1.54) is 12.8 Å². The van der Waals surface area contributed by atoms with Crippen molar-refractivity contribution in [1.29, 1.82) is 0 Å². The number of nitrogens with zero attached hydrogens (tertiary/aromatic N) is 1. The molecule has 0 unspecified atom stereocenters. The molecule has 0 radical (unpaired) electrons. The van der Waals surface area contributed by atoms with Gasteiger partial charge in [-0.05, 0) is 61.7 Å². The molecule has 0 amide bonds. The molecule has 1 aromatic carbocycles. The predicted molar refractivity (Wildman–Crippen MR) is 83.2 cm³/mol. The minimum absolute atomic E-state index is 0.0611. The van der Waals surface area contributed by atoms with Crippen LogP contribution in [0, 0.1) is 5.92 Å². The Labute approximate surface area is 124 Å². The van der Waals surface area contributed by atoms with Crippen LogP contribution in [0.1, 0.15) is 32.6 Å². The third kappa shape index (κ3) is 2.57. The molecule has 1 spiro atoms. The summed E-state index contributed by atoms with van der Waals surface area (Å²) in [6.45, 7) is 2.30. The summed E-state index contributed by atoms with van der Waals surface area (Å²) in [5.74, 6) is 0.724. The Hall–Kier alpha value is -0.840. The molecule has 1 heterocycles. The van der Waals surface area contributed by atoms with E-state index in [0.29, 0.717) is 0 Å². The van der Waals surface area contributed by atoms with E-state index >= 15 is 0 Å². The van der Waals surface area contributed by atoms with Gasteiger partial charge >= 0.3 is 0 Å². The lowest BCUT2D eigenvalue weighted by molar-refractivity contribution is 0.192. The Morgan fingerprint density at radius 1 is 1.37 bits per heavy atom. The van der Waals surface area contributed by atoms with Gasteiger partial charge in [-0.15, -0.1) is 0 Å². The van der Waals surface area contributed by atoms with E-state index in [9.17, 15) is 0 Å². The zero-order valence-electron chi connectivity index (χ0n) is 10.9. The maximum atomic E-state index is 5.93. The van der Waals surface area contributed by atoms with Crippen molar-refractivity contribution in [2.45, 2.75) is 38.3 Å². The smallest absolute Gasteiger partial charge is 0.189 e. The van der Waals surface area contributed by atoms with Crippen LogP contribution in [-0.2, 0) is 0 Å². The van der Waals surface area contributed by atoms with E-state index in [2.05, 4.69) is 17.7 Å². The van der Waals surface area contributed by atoms with Gasteiger partial charge in [-0.2, -0.15) is 0 Å². The predicted octanol–water partition coefficient (Wildman–Crippen LogP) is 3.45. The molecular formula is C14H18ClN3S. The largest absolute Gasteiger partial charge is 0.342 e. The van der Waals surface area contributed by atoms with E-state index in [-0.39, 0.29) is 5.66 Å². The van der Waals surface area contributed by atoms with Gasteiger partial charge in [0.25, 0.3) is 0 Å². The zero-order chi connectivity index (χ0) is 13.5. The summed E-state index contributed by atoms with van der Waals surface area (Å²) in [5, 5.41) is 6.92. The van der Waals surface area contributed by atoms with Crippen molar-refractivity contribution >= 4 is 34.6 Å². The topological polar surface area (TPSA) is 27.3 Å². The van der Waals surface area contributed by atoms with Crippen LogP contribution in [0.25, 0.3) is 0 Å². The second-order valence-electron chi connectivity index (χ2n) is 5.64. The summed E-state index contributed by atoms with van der Waals surface area (Å²) < 4.78 is 0. The highest BCUT2D eigenvalue weighted by Crippen LogP contribution is 2.34. The summed E-state index contributed by atoms with van der Waals surface area (Å²) in [4.78, 5) is 0. The van der Waals surface area contributed by atoms with Gasteiger partial charge in [-0.25, -0.2) is 5.43 Å². The SMILES string of the molecule is C[C@@H]1CCC[C@]2(C1)NC(=S)N(c1ccc(Cl)cc1)N2. The van der Waals surface area contributed by atoms with Crippen LogP contribution >= 0.6 is 23.8 Å². The molecule has 3 rings (SSSR count). The standard InChI is InChI=1S/C14H18ClN3S/c1-10-3-2-8-14(9-10)16-13(19)18(17-14)12-6-4-11(15)5-7-12/h4-7,10,17H,2-3,8-9H2,1H3,(H,16,19)/t10-,14+/m1/s1. The molecule has 1 saturated heterocycles. The molecule has 1 saturated carbocycles. The lowest BCUT2D eigenvalue weighted by Crippen LogP contribution is -2.53. The van der Waals surface area contributed by atoms with Crippen LogP contribution in [0.15, 0.2) is 24.3 Å². The van der Waals surface area contributed by atoms with Crippen molar-refractivity contribution in [3.63, 3.8) is 0 Å². The maximum Gasteiger partial charge on any atom is 0.189 e. The first-order valence-corrected chi connectivity index (χ1v) is 7.52. The molecule has 2 aliphatic rings. The summed E-state index contributed by atoms with van der Waals surface area (Å²) in [5.41, 5.74) is 4.52. The monoisotopic (exact) mass is 295 g/mol. The Kier molecular flexibility index (Phi) is 3.41. The number of anilines is 1. The highest BCUT2D eigenvalue weighted by atomic mass is 35.5. The van der Waals surface area contributed by atoms with Crippen molar-refractivity contribution in [2.75, 3.05) is 5.01 Å². The Morgan fingerprint density at radius 2 is 2.11 bits per heavy atom. The van der Waals surface area contributed by atoms with Crippen LogP contribution in [0.4, 0.5) is 5.69 Å². The third-order valence-electron chi connectivity index (χ3n) is 3.96. The average molecular weight is 296 g/mol. The van der Waals surface area contributed by atoms with Crippen molar-refractivity contribution in [1.82, 2.24) is 10.7 Å². The van der Waals surface area contributed by atoms with Crippen LogP contribution < -0.4 is 15.8 Å². The van der Waals surface area contributed by atoms with E-state index < -0.39 is 0 Å². The average Bonchev–Trinajstić information content (AvgIpc) is 2.66. The van der Waals surface area contributed by atoms with Crippen molar-refractivity contribution in [3.05, 3.63) is 29.3 Å². The number of thiocarbonyl (C=S) groups is 1. The van der Waals surface area contributed by atoms with Gasteiger partial charge in [-0.1, -0.05) is 24.9 Å². The molecule has 2 N–H and O–H groups in total. The fraction of sp³-hybridized carbons (Fsp3) is 0.500. The lowest BCUT2D eigenvalue weighted by atomic mass is 9.83. The van der Waals surface area contributed by atoms with Crippen LogP contribution in [-0.4, -0.2) is 10.8 Å². The first kappa shape index (κ1) is 13.2. The molecular weight excluding hydrogens is 278 g/mol. The third-order valence-corrected chi connectivity index (χ3v) is 4.49. The molecule has 102 valence electrons. The molecule has 1 aliphatic heterocycles. The van der Waals surface area contributed by atoms with Crippen LogP contribution in [0.3, 0.4) is 0 Å². The summed E-state index contributed by atoms with van der Waals surface area (Å²) in [7, 11) is 0. The van der Waals surface area contributed by atoms with E-state index in [4.69, 9.17) is 23.8 Å². The van der Waals surface area contributed by atoms with E-state index in [0.717, 1.165) is 34.6 Å².